The first-order chi connectivity index (χ1) is 12.5. The molecule has 0 fully saturated rings. The van der Waals surface area contributed by atoms with Crippen LogP contribution in [0, 0.1) is 0 Å². The summed E-state index contributed by atoms with van der Waals surface area (Å²) in [6, 6.07) is 18.5. The molecule has 130 valence electrons. The molecule has 0 atom stereocenters. The number of nitrogens with one attached hydrogen (secondary N) is 2. The molecule has 0 aliphatic rings. The third-order valence-corrected chi connectivity index (χ3v) is 3.66. The first-order valence-electron chi connectivity index (χ1n) is 7.82. The Labute approximate surface area is 149 Å². The number of hydrogen-bond acceptors (Lipinski definition) is 4. The zero-order valence-electron chi connectivity index (χ0n) is 13.6. The van der Waals surface area contributed by atoms with Crippen molar-refractivity contribution >= 4 is 23.2 Å². The molecule has 0 saturated heterocycles. The smallest absolute Gasteiger partial charge is 0.255 e. The fraction of sp³-hybridized carbons (Fsp3) is 0. The number of phenolic OH excluding ortho intramolecular Hbond substituents is 2. The number of hydrogen-bond donors (Lipinski definition) is 4. The van der Waals surface area contributed by atoms with Gasteiger partial charge in [0.1, 0.15) is 11.5 Å². The van der Waals surface area contributed by atoms with Gasteiger partial charge in [-0.1, -0.05) is 0 Å². The first kappa shape index (κ1) is 17.0. The van der Waals surface area contributed by atoms with E-state index in [2.05, 4.69) is 10.6 Å². The minimum absolute atomic E-state index is 0.118. The van der Waals surface area contributed by atoms with E-state index in [4.69, 9.17) is 0 Å². The predicted molar refractivity (Wildman–Crippen MR) is 98.6 cm³/mol. The Hall–Kier alpha value is -3.80. The van der Waals surface area contributed by atoms with Gasteiger partial charge in [-0.15, -0.1) is 0 Å². The molecule has 0 aliphatic carbocycles. The normalized spacial score (nSPS) is 10.2. The van der Waals surface area contributed by atoms with Crippen LogP contribution >= 0.6 is 0 Å². The number of aromatic hydroxyl groups is 2. The van der Waals surface area contributed by atoms with Crippen molar-refractivity contribution in [2.45, 2.75) is 0 Å². The Bertz CT molecular complexity index is 839. The highest BCUT2D eigenvalue weighted by molar-refractivity contribution is 6.07. The van der Waals surface area contributed by atoms with E-state index in [1.54, 1.807) is 48.5 Å². The summed E-state index contributed by atoms with van der Waals surface area (Å²) in [5.41, 5.74) is 1.92. The molecule has 0 saturated carbocycles. The highest BCUT2D eigenvalue weighted by atomic mass is 16.3. The zero-order valence-corrected chi connectivity index (χ0v) is 13.6. The van der Waals surface area contributed by atoms with E-state index in [0.717, 1.165) is 0 Å². The predicted octanol–water partition coefficient (Wildman–Crippen LogP) is 3.60. The Morgan fingerprint density at radius 3 is 1.15 bits per heavy atom. The molecule has 2 amide bonds. The van der Waals surface area contributed by atoms with Crippen molar-refractivity contribution in [3.05, 3.63) is 83.9 Å². The molecule has 6 heteroatoms. The minimum Gasteiger partial charge on any atom is -0.508 e. The monoisotopic (exact) mass is 348 g/mol. The second-order valence-corrected chi connectivity index (χ2v) is 5.58. The lowest BCUT2D eigenvalue weighted by Crippen LogP contribution is -2.14. The number of anilines is 2. The van der Waals surface area contributed by atoms with Crippen LogP contribution in [0.5, 0.6) is 11.5 Å². The number of carbonyl (C=O) groups is 2. The number of amides is 2. The van der Waals surface area contributed by atoms with E-state index in [9.17, 15) is 19.8 Å². The van der Waals surface area contributed by atoms with Crippen LogP contribution in [0.25, 0.3) is 0 Å². The second-order valence-electron chi connectivity index (χ2n) is 5.58. The van der Waals surface area contributed by atoms with Crippen LogP contribution in [-0.2, 0) is 0 Å². The van der Waals surface area contributed by atoms with Gasteiger partial charge in [0.25, 0.3) is 11.8 Å². The molecule has 0 bridgehead atoms. The lowest BCUT2D eigenvalue weighted by molar-refractivity contribution is 0.101. The van der Waals surface area contributed by atoms with Gasteiger partial charge in [-0.05, 0) is 72.8 Å². The number of rotatable bonds is 4. The fourth-order valence-electron chi connectivity index (χ4n) is 2.27. The summed E-state index contributed by atoms with van der Waals surface area (Å²) in [5.74, 6) is -0.402. The van der Waals surface area contributed by atoms with Crippen LogP contribution in [-0.4, -0.2) is 22.0 Å². The molecule has 3 aromatic carbocycles. The zero-order chi connectivity index (χ0) is 18.5. The molecule has 0 radical (unpaired) electrons. The second kappa shape index (κ2) is 7.40. The number of benzene rings is 3. The molecule has 4 N–H and O–H groups in total. The SMILES string of the molecule is O=C(Nc1ccc(O)cc1)c1ccc(C(=O)Nc2ccc(O)cc2)cc1. The van der Waals surface area contributed by atoms with Crippen LogP contribution in [0.3, 0.4) is 0 Å². The summed E-state index contributed by atoms with van der Waals surface area (Å²) in [4.78, 5) is 24.4. The molecule has 0 aromatic heterocycles. The van der Waals surface area contributed by atoms with Crippen molar-refractivity contribution in [1.29, 1.82) is 0 Å². The minimum atomic E-state index is -0.318. The van der Waals surface area contributed by atoms with E-state index < -0.39 is 0 Å². The molecule has 26 heavy (non-hydrogen) atoms. The molecule has 0 aliphatic heterocycles. The van der Waals surface area contributed by atoms with Crippen molar-refractivity contribution in [2.24, 2.45) is 0 Å². The van der Waals surface area contributed by atoms with Crippen LogP contribution < -0.4 is 10.6 Å². The number of phenols is 2. The summed E-state index contributed by atoms with van der Waals surface area (Å²) in [5, 5.41) is 23.9. The van der Waals surface area contributed by atoms with Crippen LogP contribution in [0.15, 0.2) is 72.8 Å². The van der Waals surface area contributed by atoms with Gasteiger partial charge < -0.3 is 20.8 Å². The van der Waals surface area contributed by atoms with Crippen molar-refractivity contribution in [3.63, 3.8) is 0 Å². The summed E-state index contributed by atoms with van der Waals surface area (Å²) < 4.78 is 0. The Balaban J connectivity index is 1.65. The van der Waals surface area contributed by atoms with Crippen molar-refractivity contribution in [2.75, 3.05) is 10.6 Å². The van der Waals surface area contributed by atoms with E-state index >= 15 is 0 Å². The van der Waals surface area contributed by atoms with Gasteiger partial charge in [-0.25, -0.2) is 0 Å². The maximum Gasteiger partial charge on any atom is 0.255 e. The topological polar surface area (TPSA) is 98.7 Å². The van der Waals surface area contributed by atoms with Crippen LogP contribution in [0.4, 0.5) is 11.4 Å². The Kier molecular flexibility index (Phi) is 4.85. The maximum absolute atomic E-state index is 12.2. The maximum atomic E-state index is 12.2. The first-order valence-corrected chi connectivity index (χ1v) is 7.82. The van der Waals surface area contributed by atoms with Gasteiger partial charge >= 0.3 is 0 Å². The Morgan fingerprint density at radius 2 is 0.846 bits per heavy atom. The standard InChI is InChI=1S/C20H16N2O4/c23-17-9-5-15(6-10-17)21-19(25)13-1-2-14(4-3-13)20(26)22-16-7-11-18(24)12-8-16/h1-12,23-24H,(H,21,25)(H,22,26). The molecular formula is C20H16N2O4. The molecule has 3 rings (SSSR count). The average molecular weight is 348 g/mol. The van der Waals surface area contributed by atoms with Gasteiger partial charge in [0.05, 0.1) is 0 Å². The summed E-state index contributed by atoms with van der Waals surface area (Å²) in [7, 11) is 0. The molecule has 0 unspecified atom stereocenters. The van der Waals surface area contributed by atoms with Gasteiger partial charge in [-0.2, -0.15) is 0 Å². The quantitative estimate of drug-likeness (QED) is 0.541. The van der Waals surface area contributed by atoms with E-state index in [1.165, 1.54) is 24.3 Å². The van der Waals surface area contributed by atoms with Crippen molar-refractivity contribution in [1.82, 2.24) is 0 Å². The lowest BCUT2D eigenvalue weighted by Gasteiger charge is -2.08. The van der Waals surface area contributed by atoms with Crippen LogP contribution in [0.2, 0.25) is 0 Å². The lowest BCUT2D eigenvalue weighted by atomic mass is 10.1. The largest absolute Gasteiger partial charge is 0.508 e. The van der Waals surface area contributed by atoms with E-state index in [-0.39, 0.29) is 23.3 Å². The van der Waals surface area contributed by atoms with Gasteiger partial charge in [0.15, 0.2) is 0 Å². The third kappa shape index (κ3) is 4.18. The van der Waals surface area contributed by atoms with E-state index in [1.807, 2.05) is 0 Å². The van der Waals surface area contributed by atoms with Crippen molar-refractivity contribution in [3.8, 4) is 11.5 Å². The summed E-state index contributed by atoms with van der Waals surface area (Å²) >= 11 is 0. The average Bonchev–Trinajstić information content (AvgIpc) is 2.65. The van der Waals surface area contributed by atoms with Gasteiger partial charge in [0, 0.05) is 22.5 Å². The molecule has 0 heterocycles. The fourth-order valence-corrected chi connectivity index (χ4v) is 2.27. The highest BCUT2D eigenvalue weighted by Crippen LogP contribution is 2.17. The van der Waals surface area contributed by atoms with Crippen molar-refractivity contribution < 1.29 is 19.8 Å². The molecular weight excluding hydrogens is 332 g/mol. The van der Waals surface area contributed by atoms with E-state index in [0.29, 0.717) is 22.5 Å². The van der Waals surface area contributed by atoms with Gasteiger partial charge in [0.2, 0.25) is 0 Å². The van der Waals surface area contributed by atoms with Crippen LogP contribution in [0.1, 0.15) is 20.7 Å². The molecule has 3 aromatic rings. The Morgan fingerprint density at radius 1 is 0.538 bits per heavy atom. The highest BCUT2D eigenvalue weighted by Gasteiger charge is 2.10. The molecule has 6 nitrogen and oxygen atoms in total. The van der Waals surface area contributed by atoms with Gasteiger partial charge in [-0.3, -0.25) is 9.59 Å². The molecule has 0 spiro atoms. The summed E-state index contributed by atoms with van der Waals surface area (Å²) in [6.07, 6.45) is 0. The third-order valence-electron chi connectivity index (χ3n) is 3.66. The number of carbonyl (C=O) groups excluding carboxylic acids is 2. The summed E-state index contributed by atoms with van der Waals surface area (Å²) in [6.45, 7) is 0.